The van der Waals surface area contributed by atoms with Crippen LogP contribution < -0.4 is 0 Å². The normalized spacial score (nSPS) is 18.3. The Balaban J connectivity index is 2.53. The van der Waals surface area contributed by atoms with Crippen LogP contribution in [0.4, 0.5) is 4.39 Å². The van der Waals surface area contributed by atoms with Crippen molar-refractivity contribution in [1.82, 2.24) is 0 Å². The fraction of sp³-hybridized carbons (Fsp3) is 0.500. The first-order valence-corrected chi connectivity index (χ1v) is 5.53. The van der Waals surface area contributed by atoms with Crippen LogP contribution in [0.5, 0.6) is 0 Å². The third kappa shape index (κ3) is 1.88. The molecule has 0 aliphatic heterocycles. The van der Waals surface area contributed by atoms with Crippen molar-refractivity contribution in [2.75, 3.05) is 0 Å². The second-order valence-corrected chi connectivity index (χ2v) is 4.96. The molecular formula is C12H14ClFO. The average Bonchev–Trinajstić information content (AvgIpc) is 2.89. The second kappa shape index (κ2) is 3.46. The van der Waals surface area contributed by atoms with Gasteiger partial charge in [-0.05, 0) is 36.5 Å². The van der Waals surface area contributed by atoms with Crippen molar-refractivity contribution in [2.45, 2.75) is 38.2 Å². The minimum absolute atomic E-state index is 0.108. The van der Waals surface area contributed by atoms with E-state index < -0.39 is 11.4 Å². The first-order valence-electron chi connectivity index (χ1n) is 5.16. The van der Waals surface area contributed by atoms with Gasteiger partial charge in [0, 0.05) is 5.56 Å². The molecule has 2 rings (SSSR count). The number of hydrogen-bond acceptors (Lipinski definition) is 1. The predicted molar refractivity (Wildman–Crippen MR) is 58.6 cm³/mol. The maximum absolute atomic E-state index is 13.7. The molecule has 15 heavy (non-hydrogen) atoms. The van der Waals surface area contributed by atoms with Crippen LogP contribution in [0.25, 0.3) is 0 Å². The molecule has 1 fully saturated rings. The van der Waals surface area contributed by atoms with Crippen LogP contribution in [-0.2, 0) is 5.60 Å². The molecule has 1 nitrogen and oxygen atoms in total. The standard InChI is InChI=1S/C12H14ClFO/c1-7(2)8-5-9(12(15)3-4-12)11(14)10(13)6-8/h5-7,15H,3-4H2,1-2H3. The zero-order chi connectivity index (χ0) is 11.2. The molecule has 1 N–H and O–H groups in total. The molecule has 0 saturated heterocycles. The quantitative estimate of drug-likeness (QED) is 0.820. The van der Waals surface area contributed by atoms with E-state index in [9.17, 15) is 9.50 Å². The summed E-state index contributed by atoms with van der Waals surface area (Å²) in [5, 5.41) is 10.0. The largest absolute Gasteiger partial charge is 0.385 e. The molecule has 0 unspecified atom stereocenters. The Morgan fingerprint density at radius 3 is 2.47 bits per heavy atom. The van der Waals surface area contributed by atoms with Crippen LogP contribution in [0.2, 0.25) is 5.02 Å². The van der Waals surface area contributed by atoms with Crippen LogP contribution in [0.15, 0.2) is 12.1 Å². The van der Waals surface area contributed by atoms with E-state index in [4.69, 9.17) is 11.6 Å². The minimum atomic E-state index is -0.960. The highest BCUT2D eigenvalue weighted by molar-refractivity contribution is 6.30. The van der Waals surface area contributed by atoms with Gasteiger partial charge in [-0.15, -0.1) is 0 Å². The number of benzene rings is 1. The predicted octanol–water partition coefficient (Wildman–Crippen LogP) is 3.58. The van der Waals surface area contributed by atoms with Crippen molar-refractivity contribution in [3.8, 4) is 0 Å². The van der Waals surface area contributed by atoms with Gasteiger partial charge in [-0.25, -0.2) is 4.39 Å². The fourth-order valence-electron chi connectivity index (χ4n) is 1.67. The van der Waals surface area contributed by atoms with Crippen molar-refractivity contribution < 1.29 is 9.50 Å². The number of rotatable bonds is 2. The van der Waals surface area contributed by atoms with Gasteiger partial charge in [-0.1, -0.05) is 25.4 Å². The van der Waals surface area contributed by atoms with Crippen LogP contribution >= 0.6 is 11.6 Å². The van der Waals surface area contributed by atoms with E-state index >= 15 is 0 Å². The maximum atomic E-state index is 13.7. The smallest absolute Gasteiger partial charge is 0.147 e. The molecule has 0 amide bonds. The van der Waals surface area contributed by atoms with Gasteiger partial charge in [-0.3, -0.25) is 0 Å². The third-order valence-electron chi connectivity index (χ3n) is 2.94. The molecule has 0 heterocycles. The molecule has 0 bridgehead atoms. The highest BCUT2D eigenvalue weighted by Crippen LogP contribution is 2.47. The molecule has 1 aromatic carbocycles. The van der Waals surface area contributed by atoms with Gasteiger partial charge in [0.2, 0.25) is 0 Å². The zero-order valence-electron chi connectivity index (χ0n) is 8.85. The Morgan fingerprint density at radius 2 is 2.00 bits per heavy atom. The lowest BCUT2D eigenvalue weighted by Gasteiger charge is -2.14. The Bertz CT molecular complexity index is 397. The third-order valence-corrected chi connectivity index (χ3v) is 3.22. The lowest BCUT2D eigenvalue weighted by atomic mass is 9.97. The minimum Gasteiger partial charge on any atom is -0.385 e. The summed E-state index contributed by atoms with van der Waals surface area (Å²) < 4.78 is 13.7. The molecule has 1 saturated carbocycles. The zero-order valence-corrected chi connectivity index (χ0v) is 9.61. The van der Waals surface area contributed by atoms with Crippen LogP contribution in [-0.4, -0.2) is 5.11 Å². The van der Waals surface area contributed by atoms with Gasteiger partial charge >= 0.3 is 0 Å². The summed E-state index contributed by atoms with van der Waals surface area (Å²) in [6.07, 6.45) is 1.25. The summed E-state index contributed by atoms with van der Waals surface area (Å²) in [4.78, 5) is 0. The van der Waals surface area contributed by atoms with E-state index in [2.05, 4.69) is 0 Å². The summed E-state index contributed by atoms with van der Waals surface area (Å²) in [6.45, 7) is 4.04. The maximum Gasteiger partial charge on any atom is 0.147 e. The van der Waals surface area contributed by atoms with Crippen molar-refractivity contribution >= 4 is 11.6 Å². The van der Waals surface area contributed by atoms with E-state index in [-0.39, 0.29) is 10.9 Å². The number of hydrogen-bond donors (Lipinski definition) is 1. The van der Waals surface area contributed by atoms with Crippen molar-refractivity contribution in [1.29, 1.82) is 0 Å². The molecule has 82 valence electrons. The molecule has 1 aromatic rings. The van der Waals surface area contributed by atoms with E-state index in [1.54, 1.807) is 12.1 Å². The highest BCUT2D eigenvalue weighted by Gasteiger charge is 2.44. The molecule has 3 heteroatoms. The molecule has 0 atom stereocenters. The Kier molecular flexibility index (Phi) is 2.52. The van der Waals surface area contributed by atoms with Gasteiger partial charge in [0.25, 0.3) is 0 Å². The van der Waals surface area contributed by atoms with Crippen LogP contribution in [0.3, 0.4) is 0 Å². The Morgan fingerprint density at radius 1 is 1.40 bits per heavy atom. The van der Waals surface area contributed by atoms with E-state index in [0.29, 0.717) is 18.4 Å². The van der Waals surface area contributed by atoms with Gasteiger partial charge in [0.15, 0.2) is 0 Å². The number of halogens is 2. The van der Waals surface area contributed by atoms with Crippen LogP contribution in [0.1, 0.15) is 43.7 Å². The molecule has 0 aromatic heterocycles. The van der Waals surface area contributed by atoms with E-state index in [0.717, 1.165) is 5.56 Å². The molecular weight excluding hydrogens is 215 g/mol. The SMILES string of the molecule is CC(C)c1cc(Cl)c(F)c(C2(O)CC2)c1. The summed E-state index contributed by atoms with van der Waals surface area (Å²) >= 11 is 5.81. The van der Waals surface area contributed by atoms with Gasteiger partial charge in [0.1, 0.15) is 5.82 Å². The summed E-state index contributed by atoms with van der Waals surface area (Å²) in [5.74, 6) is -0.190. The highest BCUT2D eigenvalue weighted by atomic mass is 35.5. The molecule has 1 aliphatic carbocycles. The first kappa shape index (κ1) is 10.9. The van der Waals surface area contributed by atoms with Crippen LogP contribution in [0, 0.1) is 5.82 Å². The Hall–Kier alpha value is -0.600. The average molecular weight is 229 g/mol. The monoisotopic (exact) mass is 228 g/mol. The molecule has 0 spiro atoms. The summed E-state index contributed by atoms with van der Waals surface area (Å²) in [5.41, 5.74) is 0.369. The molecule has 0 radical (unpaired) electrons. The van der Waals surface area contributed by atoms with Crippen molar-refractivity contribution in [2.24, 2.45) is 0 Å². The fourth-order valence-corrected chi connectivity index (χ4v) is 1.90. The van der Waals surface area contributed by atoms with Gasteiger partial charge in [0.05, 0.1) is 10.6 Å². The summed E-state index contributed by atoms with van der Waals surface area (Å²) in [7, 11) is 0. The lowest BCUT2D eigenvalue weighted by Crippen LogP contribution is -2.09. The topological polar surface area (TPSA) is 20.2 Å². The van der Waals surface area contributed by atoms with Crippen molar-refractivity contribution in [3.05, 3.63) is 34.1 Å². The van der Waals surface area contributed by atoms with Crippen molar-refractivity contribution in [3.63, 3.8) is 0 Å². The Labute approximate surface area is 93.9 Å². The van der Waals surface area contributed by atoms with Gasteiger partial charge < -0.3 is 5.11 Å². The van der Waals surface area contributed by atoms with E-state index in [1.807, 2.05) is 13.8 Å². The molecule has 1 aliphatic rings. The lowest BCUT2D eigenvalue weighted by molar-refractivity contribution is 0.146. The second-order valence-electron chi connectivity index (χ2n) is 4.55. The van der Waals surface area contributed by atoms with Gasteiger partial charge in [-0.2, -0.15) is 0 Å². The summed E-state index contributed by atoms with van der Waals surface area (Å²) in [6, 6.07) is 3.37. The van der Waals surface area contributed by atoms with E-state index in [1.165, 1.54) is 0 Å². The first-order chi connectivity index (χ1) is 6.94. The number of aliphatic hydroxyl groups is 1.